The molecule has 0 spiro atoms. The summed E-state index contributed by atoms with van der Waals surface area (Å²) in [5.74, 6) is 0.992. The van der Waals surface area contributed by atoms with Crippen molar-refractivity contribution in [3.8, 4) is 6.07 Å². The highest BCUT2D eigenvalue weighted by Crippen LogP contribution is 2.40. The summed E-state index contributed by atoms with van der Waals surface area (Å²) in [5, 5.41) is 18.5. The molecule has 0 aliphatic heterocycles. The van der Waals surface area contributed by atoms with Crippen LogP contribution in [0.25, 0.3) is 0 Å². The minimum Gasteiger partial charge on any atom is -0.370 e. The number of nitrogens with two attached hydrogens (primary N) is 1. The lowest BCUT2D eigenvalue weighted by Gasteiger charge is -2.12. The minimum atomic E-state index is -0.345. The second-order valence-electron chi connectivity index (χ2n) is 6.41. The van der Waals surface area contributed by atoms with Gasteiger partial charge in [0.25, 0.3) is 0 Å². The molecular weight excluding hydrogens is 334 g/mol. The van der Waals surface area contributed by atoms with Gasteiger partial charge in [-0.3, -0.25) is 4.79 Å². The number of thioether (sulfide) groups is 1. The van der Waals surface area contributed by atoms with E-state index >= 15 is 0 Å². The number of carbonyl (C=O) groups is 1. The Bertz CT molecular complexity index is 789. The highest BCUT2D eigenvalue weighted by molar-refractivity contribution is 8.00. The molecule has 1 amide bonds. The fourth-order valence-corrected chi connectivity index (χ4v) is 3.63. The van der Waals surface area contributed by atoms with Gasteiger partial charge in [-0.15, -0.1) is 10.2 Å². The number of hydrogen-bond donors (Lipinski definition) is 1. The fourth-order valence-electron chi connectivity index (χ4n) is 2.64. The molecule has 0 radical (unpaired) electrons. The van der Waals surface area contributed by atoms with Gasteiger partial charge in [0.15, 0.2) is 5.16 Å². The van der Waals surface area contributed by atoms with Gasteiger partial charge in [-0.05, 0) is 31.7 Å². The third-order valence-corrected chi connectivity index (χ3v) is 5.27. The van der Waals surface area contributed by atoms with Crippen LogP contribution in [-0.4, -0.2) is 25.9 Å². The number of amides is 1. The van der Waals surface area contributed by atoms with Crippen LogP contribution in [0.15, 0.2) is 29.4 Å². The lowest BCUT2D eigenvalue weighted by Crippen LogP contribution is -2.16. The molecule has 1 aliphatic rings. The standard InChI is InChI=1S/C18H21N5OS/c1-12-2-4-13(5-3-12)10-15(11-19)25-18-22-21-17(14-6-7-14)23(18)9-8-16(20)24/h2-5,14-15H,6-10H2,1H3,(H2,20,24). The number of aryl methyl sites for hydroxylation is 1. The van der Waals surface area contributed by atoms with Gasteiger partial charge < -0.3 is 10.3 Å². The van der Waals surface area contributed by atoms with Gasteiger partial charge >= 0.3 is 0 Å². The highest BCUT2D eigenvalue weighted by atomic mass is 32.2. The molecular formula is C18H21N5OS. The van der Waals surface area contributed by atoms with E-state index in [9.17, 15) is 10.1 Å². The average molecular weight is 355 g/mol. The summed E-state index contributed by atoms with van der Waals surface area (Å²) in [5.41, 5.74) is 7.61. The van der Waals surface area contributed by atoms with Crippen LogP contribution >= 0.6 is 11.8 Å². The largest absolute Gasteiger partial charge is 0.370 e. The number of nitriles is 1. The maximum atomic E-state index is 11.2. The van der Waals surface area contributed by atoms with E-state index in [0.717, 1.165) is 24.2 Å². The Morgan fingerprint density at radius 1 is 1.40 bits per heavy atom. The Morgan fingerprint density at radius 3 is 2.72 bits per heavy atom. The lowest BCUT2D eigenvalue weighted by atomic mass is 10.1. The number of aromatic nitrogens is 3. The Morgan fingerprint density at radius 2 is 2.12 bits per heavy atom. The first kappa shape index (κ1) is 17.5. The molecule has 1 heterocycles. The molecule has 1 unspecified atom stereocenters. The van der Waals surface area contributed by atoms with Crippen LogP contribution < -0.4 is 5.73 Å². The Balaban J connectivity index is 1.74. The van der Waals surface area contributed by atoms with E-state index in [1.165, 1.54) is 17.3 Å². The second-order valence-corrected chi connectivity index (χ2v) is 7.58. The van der Waals surface area contributed by atoms with Crippen molar-refractivity contribution in [1.82, 2.24) is 14.8 Å². The Kier molecular flexibility index (Phi) is 5.39. The summed E-state index contributed by atoms with van der Waals surface area (Å²) in [4.78, 5) is 11.2. The zero-order valence-corrected chi connectivity index (χ0v) is 15.0. The Hall–Kier alpha value is -2.33. The summed E-state index contributed by atoms with van der Waals surface area (Å²) in [7, 11) is 0. The van der Waals surface area contributed by atoms with E-state index in [4.69, 9.17) is 5.73 Å². The number of benzene rings is 1. The van der Waals surface area contributed by atoms with Crippen molar-refractivity contribution in [3.05, 3.63) is 41.2 Å². The molecule has 1 fully saturated rings. The first-order chi connectivity index (χ1) is 12.1. The van der Waals surface area contributed by atoms with Crippen LogP contribution in [0.1, 0.15) is 42.1 Å². The second kappa shape index (κ2) is 7.70. The molecule has 1 aliphatic carbocycles. The molecule has 0 bridgehead atoms. The van der Waals surface area contributed by atoms with Gasteiger partial charge in [-0.2, -0.15) is 5.26 Å². The van der Waals surface area contributed by atoms with Crippen LogP contribution in [-0.2, 0) is 17.8 Å². The van der Waals surface area contributed by atoms with E-state index in [2.05, 4.69) is 28.4 Å². The summed E-state index contributed by atoms with van der Waals surface area (Å²) in [6.07, 6.45) is 3.10. The monoisotopic (exact) mass is 355 g/mol. The van der Waals surface area contributed by atoms with Crippen molar-refractivity contribution in [2.45, 2.75) is 55.5 Å². The van der Waals surface area contributed by atoms with Gasteiger partial charge in [0.1, 0.15) is 11.1 Å². The Labute approximate surface area is 151 Å². The number of nitrogens with zero attached hydrogens (tertiary/aromatic N) is 4. The van der Waals surface area contributed by atoms with Gasteiger partial charge in [0.2, 0.25) is 5.91 Å². The maximum absolute atomic E-state index is 11.2. The molecule has 2 aromatic rings. The number of hydrogen-bond acceptors (Lipinski definition) is 5. The number of rotatable bonds is 8. The van der Waals surface area contributed by atoms with Crippen molar-refractivity contribution in [2.24, 2.45) is 5.73 Å². The van der Waals surface area contributed by atoms with Gasteiger partial charge in [-0.25, -0.2) is 0 Å². The number of primary amides is 1. The zero-order chi connectivity index (χ0) is 17.8. The van der Waals surface area contributed by atoms with Crippen molar-refractivity contribution >= 4 is 17.7 Å². The molecule has 1 atom stereocenters. The number of carbonyl (C=O) groups excluding carboxylic acids is 1. The fraction of sp³-hybridized carbons (Fsp3) is 0.444. The minimum absolute atomic E-state index is 0.250. The van der Waals surface area contributed by atoms with Crippen molar-refractivity contribution in [2.75, 3.05) is 0 Å². The third-order valence-electron chi connectivity index (χ3n) is 4.20. The smallest absolute Gasteiger partial charge is 0.219 e. The molecule has 2 N–H and O–H groups in total. The van der Waals surface area contributed by atoms with Crippen molar-refractivity contribution in [3.63, 3.8) is 0 Å². The topological polar surface area (TPSA) is 97.6 Å². The summed E-state index contributed by atoms with van der Waals surface area (Å²) < 4.78 is 1.96. The molecule has 1 saturated carbocycles. The van der Waals surface area contributed by atoms with E-state index in [-0.39, 0.29) is 17.6 Å². The predicted octanol–water partition coefficient (Wildman–Crippen LogP) is 2.57. The summed E-state index contributed by atoms with van der Waals surface area (Å²) in [6, 6.07) is 10.5. The van der Waals surface area contributed by atoms with Gasteiger partial charge in [0, 0.05) is 18.9 Å². The zero-order valence-electron chi connectivity index (χ0n) is 14.2. The van der Waals surface area contributed by atoms with Crippen LogP contribution in [0.5, 0.6) is 0 Å². The molecule has 25 heavy (non-hydrogen) atoms. The lowest BCUT2D eigenvalue weighted by molar-refractivity contribution is -0.118. The quantitative estimate of drug-likeness (QED) is 0.734. The highest BCUT2D eigenvalue weighted by Gasteiger charge is 2.31. The normalized spacial score (nSPS) is 14.9. The molecule has 6 nitrogen and oxygen atoms in total. The third kappa shape index (κ3) is 4.60. The van der Waals surface area contributed by atoms with Gasteiger partial charge in [-0.1, -0.05) is 41.6 Å². The van der Waals surface area contributed by atoms with Crippen molar-refractivity contribution in [1.29, 1.82) is 5.26 Å². The van der Waals surface area contributed by atoms with Crippen LogP contribution in [0, 0.1) is 18.3 Å². The predicted molar refractivity (Wildman–Crippen MR) is 95.9 cm³/mol. The average Bonchev–Trinajstić information content (AvgIpc) is 3.36. The van der Waals surface area contributed by atoms with Gasteiger partial charge in [0.05, 0.1) is 6.07 Å². The van der Waals surface area contributed by atoms with E-state index < -0.39 is 0 Å². The molecule has 1 aromatic heterocycles. The van der Waals surface area contributed by atoms with E-state index in [0.29, 0.717) is 24.0 Å². The first-order valence-electron chi connectivity index (χ1n) is 8.40. The first-order valence-corrected chi connectivity index (χ1v) is 9.28. The molecule has 3 rings (SSSR count). The summed E-state index contributed by atoms with van der Waals surface area (Å²) >= 11 is 1.41. The van der Waals surface area contributed by atoms with Crippen LogP contribution in [0.3, 0.4) is 0 Å². The maximum Gasteiger partial charge on any atom is 0.219 e. The molecule has 7 heteroatoms. The summed E-state index contributed by atoms with van der Waals surface area (Å²) in [6.45, 7) is 2.51. The SMILES string of the molecule is Cc1ccc(CC(C#N)Sc2nnc(C3CC3)n2CCC(N)=O)cc1. The molecule has 1 aromatic carbocycles. The molecule has 0 saturated heterocycles. The van der Waals surface area contributed by atoms with E-state index in [1.54, 1.807) is 0 Å². The van der Waals surface area contributed by atoms with Crippen molar-refractivity contribution < 1.29 is 4.79 Å². The van der Waals surface area contributed by atoms with E-state index in [1.807, 2.05) is 23.6 Å². The molecule has 130 valence electrons. The van der Waals surface area contributed by atoms with Crippen LogP contribution in [0.2, 0.25) is 0 Å². The van der Waals surface area contributed by atoms with Crippen LogP contribution in [0.4, 0.5) is 0 Å².